The van der Waals surface area contributed by atoms with Gasteiger partial charge in [0.05, 0.1) is 22.5 Å². The molecule has 0 aliphatic carbocycles. The van der Waals surface area contributed by atoms with Crippen molar-refractivity contribution in [1.82, 2.24) is 4.98 Å². The number of halogens is 1. The Morgan fingerprint density at radius 1 is 0.861 bits per heavy atom. The van der Waals surface area contributed by atoms with Crippen molar-refractivity contribution in [1.29, 1.82) is 0 Å². The molecule has 4 aromatic carbocycles. The highest BCUT2D eigenvalue weighted by Crippen LogP contribution is 2.28. The number of anilines is 1. The van der Waals surface area contributed by atoms with Crippen LogP contribution in [0.5, 0.6) is 0 Å². The number of rotatable bonds is 6. The van der Waals surface area contributed by atoms with Crippen LogP contribution >= 0.6 is 15.9 Å². The molecule has 0 fully saturated rings. The maximum Gasteiger partial charge on any atom is 0.339 e. The molecule has 1 heterocycles. The van der Waals surface area contributed by atoms with Crippen LogP contribution in [0, 0.1) is 0 Å². The molecular weight excluding hydrogens is 516 g/mol. The predicted octanol–water partition coefficient (Wildman–Crippen LogP) is 7.03. The Bertz CT molecular complexity index is 1580. The quantitative estimate of drug-likeness (QED) is 0.218. The van der Waals surface area contributed by atoms with E-state index in [1.165, 1.54) is 0 Å². The lowest BCUT2D eigenvalue weighted by molar-refractivity contribution is -0.121. The molecule has 6 heteroatoms. The topological polar surface area (TPSA) is 59.5 Å². The average molecular weight is 539 g/mol. The van der Waals surface area contributed by atoms with Gasteiger partial charge in [0.15, 0.2) is 6.61 Å². The van der Waals surface area contributed by atoms with E-state index in [0.29, 0.717) is 28.7 Å². The van der Waals surface area contributed by atoms with Crippen molar-refractivity contribution in [2.45, 2.75) is 6.92 Å². The zero-order chi connectivity index (χ0) is 25.1. The maximum atomic E-state index is 13.2. The number of hydrogen-bond acceptors (Lipinski definition) is 4. The number of ether oxygens (including phenoxy) is 1. The van der Waals surface area contributed by atoms with E-state index in [-0.39, 0.29) is 12.5 Å². The normalized spacial score (nSPS) is 10.9. The van der Waals surface area contributed by atoms with Gasteiger partial charge in [0.1, 0.15) is 0 Å². The summed E-state index contributed by atoms with van der Waals surface area (Å²) in [6.45, 7) is 2.00. The van der Waals surface area contributed by atoms with E-state index in [0.717, 1.165) is 26.5 Å². The van der Waals surface area contributed by atoms with E-state index in [9.17, 15) is 9.59 Å². The molecule has 0 saturated heterocycles. The van der Waals surface area contributed by atoms with Crippen LogP contribution in [-0.4, -0.2) is 30.0 Å². The van der Waals surface area contributed by atoms with Crippen LogP contribution in [0.3, 0.4) is 0 Å². The van der Waals surface area contributed by atoms with Gasteiger partial charge in [-0.15, -0.1) is 0 Å². The number of amides is 1. The molecule has 0 aliphatic heterocycles. The van der Waals surface area contributed by atoms with Gasteiger partial charge in [-0.05, 0) is 42.6 Å². The molecule has 1 amide bonds. The van der Waals surface area contributed by atoms with Crippen molar-refractivity contribution < 1.29 is 14.3 Å². The maximum absolute atomic E-state index is 13.2. The third-order valence-corrected chi connectivity index (χ3v) is 6.61. The van der Waals surface area contributed by atoms with Crippen molar-refractivity contribution in [3.63, 3.8) is 0 Å². The number of para-hydroxylation sites is 1. The van der Waals surface area contributed by atoms with Crippen LogP contribution in [-0.2, 0) is 9.53 Å². The number of benzene rings is 4. The number of fused-ring (bicyclic) bond motifs is 2. The fourth-order valence-corrected chi connectivity index (χ4v) is 4.58. The first-order chi connectivity index (χ1) is 17.5. The molecule has 5 aromatic rings. The van der Waals surface area contributed by atoms with Crippen molar-refractivity contribution in [3.05, 3.63) is 107 Å². The Labute approximate surface area is 217 Å². The minimum atomic E-state index is -0.561. The smallest absolute Gasteiger partial charge is 0.339 e. The summed E-state index contributed by atoms with van der Waals surface area (Å²) < 4.78 is 6.51. The summed E-state index contributed by atoms with van der Waals surface area (Å²) in [6, 6.07) is 30.6. The van der Waals surface area contributed by atoms with Gasteiger partial charge < -0.3 is 9.64 Å². The lowest BCUT2D eigenvalue weighted by atomic mass is 10.0. The molecule has 178 valence electrons. The zero-order valence-corrected chi connectivity index (χ0v) is 21.2. The monoisotopic (exact) mass is 538 g/mol. The first-order valence-corrected chi connectivity index (χ1v) is 12.5. The first-order valence-electron chi connectivity index (χ1n) is 11.7. The van der Waals surface area contributed by atoms with Crippen molar-refractivity contribution in [3.8, 4) is 11.3 Å². The van der Waals surface area contributed by atoms with Crippen LogP contribution in [0.1, 0.15) is 17.3 Å². The molecule has 0 bridgehead atoms. The van der Waals surface area contributed by atoms with E-state index < -0.39 is 5.97 Å². The third-order valence-electron chi connectivity index (χ3n) is 6.08. The fraction of sp³-hybridized carbons (Fsp3) is 0.100. The van der Waals surface area contributed by atoms with E-state index in [4.69, 9.17) is 9.72 Å². The summed E-state index contributed by atoms with van der Waals surface area (Å²) in [7, 11) is 0. The van der Waals surface area contributed by atoms with Gasteiger partial charge in [-0.25, -0.2) is 9.78 Å². The minimum absolute atomic E-state index is 0.284. The number of carbonyl (C=O) groups excluding carboxylic acids is 2. The van der Waals surface area contributed by atoms with Crippen LogP contribution in [0.25, 0.3) is 32.9 Å². The average Bonchev–Trinajstić information content (AvgIpc) is 2.92. The van der Waals surface area contributed by atoms with E-state index in [2.05, 4.69) is 15.9 Å². The molecular formula is C30H23BrN2O3. The summed E-state index contributed by atoms with van der Waals surface area (Å²) in [4.78, 5) is 32.8. The van der Waals surface area contributed by atoms with Crippen LogP contribution in [0.2, 0.25) is 0 Å². The molecule has 0 radical (unpaired) electrons. The SMILES string of the molecule is CCN(C(=O)COC(=O)c1cc(-c2ccc(Br)cc2)nc2ccccc12)c1cccc2ccccc12. The number of hydrogen-bond donors (Lipinski definition) is 0. The summed E-state index contributed by atoms with van der Waals surface area (Å²) in [5.41, 5.74) is 3.39. The Hall–Kier alpha value is -4.03. The molecule has 5 rings (SSSR count). The van der Waals surface area contributed by atoms with E-state index >= 15 is 0 Å². The largest absolute Gasteiger partial charge is 0.452 e. The molecule has 0 atom stereocenters. The zero-order valence-electron chi connectivity index (χ0n) is 19.6. The summed E-state index contributed by atoms with van der Waals surface area (Å²) >= 11 is 3.45. The van der Waals surface area contributed by atoms with Gasteiger partial charge in [-0.3, -0.25) is 4.79 Å². The highest BCUT2D eigenvalue weighted by atomic mass is 79.9. The fourth-order valence-electron chi connectivity index (χ4n) is 4.32. The molecule has 36 heavy (non-hydrogen) atoms. The van der Waals surface area contributed by atoms with Gasteiger partial charge in [-0.2, -0.15) is 0 Å². The van der Waals surface area contributed by atoms with Gasteiger partial charge in [0.25, 0.3) is 5.91 Å². The number of nitrogens with zero attached hydrogens (tertiary/aromatic N) is 2. The molecule has 0 saturated carbocycles. The van der Waals surface area contributed by atoms with Crippen molar-refractivity contribution >= 4 is 55.2 Å². The Kier molecular flexibility index (Phi) is 6.78. The molecule has 0 spiro atoms. The first kappa shape index (κ1) is 23.7. The van der Waals surface area contributed by atoms with Gasteiger partial charge in [0, 0.05) is 27.4 Å². The number of carbonyl (C=O) groups is 2. The predicted molar refractivity (Wildman–Crippen MR) is 147 cm³/mol. The molecule has 5 nitrogen and oxygen atoms in total. The second-order valence-electron chi connectivity index (χ2n) is 8.29. The minimum Gasteiger partial charge on any atom is -0.452 e. The third kappa shape index (κ3) is 4.72. The molecule has 0 aliphatic rings. The summed E-state index contributed by atoms with van der Waals surface area (Å²) in [6.07, 6.45) is 0. The second kappa shape index (κ2) is 10.3. The number of esters is 1. The summed E-state index contributed by atoms with van der Waals surface area (Å²) in [5.74, 6) is -0.844. The van der Waals surface area contributed by atoms with Gasteiger partial charge >= 0.3 is 5.97 Å². The Morgan fingerprint density at radius 2 is 1.56 bits per heavy atom. The number of likely N-dealkylation sites (N-methyl/N-ethyl adjacent to an activating group) is 1. The Morgan fingerprint density at radius 3 is 2.33 bits per heavy atom. The van der Waals surface area contributed by atoms with Crippen LogP contribution in [0.4, 0.5) is 5.69 Å². The van der Waals surface area contributed by atoms with Crippen LogP contribution < -0.4 is 4.90 Å². The molecule has 0 N–H and O–H groups in total. The lowest BCUT2D eigenvalue weighted by Crippen LogP contribution is -2.34. The highest BCUT2D eigenvalue weighted by Gasteiger charge is 2.20. The highest BCUT2D eigenvalue weighted by molar-refractivity contribution is 9.10. The number of aromatic nitrogens is 1. The molecule has 0 unspecified atom stereocenters. The van der Waals surface area contributed by atoms with Crippen LogP contribution in [0.15, 0.2) is 102 Å². The second-order valence-corrected chi connectivity index (χ2v) is 9.21. The lowest BCUT2D eigenvalue weighted by Gasteiger charge is -2.22. The number of pyridine rings is 1. The van der Waals surface area contributed by atoms with Crippen molar-refractivity contribution in [2.24, 2.45) is 0 Å². The van der Waals surface area contributed by atoms with E-state index in [1.807, 2.05) is 97.9 Å². The Balaban J connectivity index is 1.42. The molecule has 1 aromatic heterocycles. The summed E-state index contributed by atoms with van der Waals surface area (Å²) in [5, 5.41) is 2.69. The van der Waals surface area contributed by atoms with Gasteiger partial charge in [0.2, 0.25) is 0 Å². The van der Waals surface area contributed by atoms with Gasteiger partial charge in [-0.1, -0.05) is 82.7 Å². The van der Waals surface area contributed by atoms with Crippen molar-refractivity contribution in [2.75, 3.05) is 18.1 Å². The standard InChI is InChI=1S/C30H23BrN2O3/c1-2-33(28-13-7-9-20-8-3-4-10-23(20)28)29(34)19-36-30(35)25-18-27(21-14-16-22(31)17-15-21)32-26-12-6-5-11-24(25)26/h3-18H,2,19H2,1H3. The van der Waals surface area contributed by atoms with E-state index in [1.54, 1.807) is 11.0 Å².